The van der Waals surface area contributed by atoms with Gasteiger partial charge in [-0.2, -0.15) is 0 Å². The van der Waals surface area contributed by atoms with Crippen molar-refractivity contribution in [2.75, 3.05) is 20.2 Å². The number of aromatic amines is 1. The number of halogens is 2. The third-order valence-electron chi connectivity index (χ3n) is 3.43. The van der Waals surface area contributed by atoms with Crippen molar-refractivity contribution in [3.63, 3.8) is 0 Å². The van der Waals surface area contributed by atoms with Crippen LogP contribution in [-0.2, 0) is 0 Å². The minimum Gasteiger partial charge on any atom is -0.497 e. The number of benzene rings is 1. The molecule has 0 aliphatic carbocycles. The van der Waals surface area contributed by atoms with Crippen molar-refractivity contribution in [1.29, 1.82) is 0 Å². The number of hydrogen-bond acceptors (Lipinski definition) is 3. The van der Waals surface area contributed by atoms with E-state index in [1.54, 1.807) is 7.11 Å². The maximum atomic E-state index is 5.22. The molecule has 1 aliphatic rings. The number of H-pyrrole nitrogens is 1. The van der Waals surface area contributed by atoms with Crippen LogP contribution in [0.4, 0.5) is 0 Å². The van der Waals surface area contributed by atoms with Crippen LogP contribution >= 0.6 is 24.8 Å². The summed E-state index contributed by atoms with van der Waals surface area (Å²) in [5.74, 6) is 2.56. The fourth-order valence-corrected chi connectivity index (χ4v) is 2.42. The Labute approximate surface area is 125 Å². The lowest BCUT2D eigenvalue weighted by Gasteiger charge is -2.20. The van der Waals surface area contributed by atoms with Gasteiger partial charge in [-0.05, 0) is 38.1 Å². The van der Waals surface area contributed by atoms with Crippen molar-refractivity contribution in [1.82, 2.24) is 15.3 Å². The Morgan fingerprint density at radius 3 is 2.63 bits per heavy atom. The van der Waals surface area contributed by atoms with Crippen LogP contribution in [0.1, 0.15) is 24.6 Å². The molecule has 6 heteroatoms. The van der Waals surface area contributed by atoms with Gasteiger partial charge >= 0.3 is 0 Å². The molecule has 0 spiro atoms. The molecule has 0 saturated carbocycles. The third kappa shape index (κ3) is 3.32. The highest BCUT2D eigenvalue weighted by Gasteiger charge is 2.18. The topological polar surface area (TPSA) is 49.9 Å². The zero-order valence-corrected chi connectivity index (χ0v) is 12.4. The van der Waals surface area contributed by atoms with E-state index in [1.165, 1.54) is 0 Å². The van der Waals surface area contributed by atoms with E-state index >= 15 is 0 Å². The second-order valence-electron chi connectivity index (χ2n) is 4.53. The van der Waals surface area contributed by atoms with Gasteiger partial charge in [0.2, 0.25) is 0 Å². The molecule has 2 aromatic rings. The number of piperidine rings is 1. The zero-order valence-electron chi connectivity index (χ0n) is 10.8. The summed E-state index contributed by atoms with van der Waals surface area (Å²) in [4.78, 5) is 8.09. The second-order valence-corrected chi connectivity index (χ2v) is 4.53. The summed E-state index contributed by atoms with van der Waals surface area (Å²) in [7, 11) is 1.69. The number of rotatable bonds is 2. The van der Waals surface area contributed by atoms with E-state index in [2.05, 4.69) is 15.3 Å². The number of imidazole rings is 1. The minimum absolute atomic E-state index is 0. The molecule has 0 unspecified atom stereocenters. The molecule has 0 atom stereocenters. The average molecular weight is 304 g/mol. The molecular weight excluding hydrogens is 285 g/mol. The molecule has 19 heavy (non-hydrogen) atoms. The van der Waals surface area contributed by atoms with Gasteiger partial charge in [0, 0.05) is 12.0 Å². The van der Waals surface area contributed by atoms with Crippen LogP contribution in [0.25, 0.3) is 11.0 Å². The molecule has 106 valence electrons. The molecule has 1 saturated heterocycles. The Morgan fingerprint density at radius 2 is 1.95 bits per heavy atom. The van der Waals surface area contributed by atoms with Crippen molar-refractivity contribution >= 4 is 35.8 Å². The van der Waals surface area contributed by atoms with Gasteiger partial charge in [0.15, 0.2) is 0 Å². The molecule has 1 aromatic carbocycles. The van der Waals surface area contributed by atoms with Gasteiger partial charge in [-0.1, -0.05) is 0 Å². The third-order valence-corrected chi connectivity index (χ3v) is 3.43. The second kappa shape index (κ2) is 6.98. The van der Waals surface area contributed by atoms with Gasteiger partial charge in [-0.15, -0.1) is 24.8 Å². The maximum Gasteiger partial charge on any atom is 0.121 e. The lowest BCUT2D eigenvalue weighted by molar-refractivity contribution is 0.415. The highest BCUT2D eigenvalue weighted by atomic mass is 35.5. The number of nitrogens with one attached hydrogen (secondary N) is 2. The van der Waals surface area contributed by atoms with Crippen molar-refractivity contribution in [2.24, 2.45) is 0 Å². The largest absolute Gasteiger partial charge is 0.497 e. The molecule has 0 radical (unpaired) electrons. The smallest absolute Gasteiger partial charge is 0.121 e. The number of methoxy groups -OCH3 is 1. The Balaban J connectivity index is 0.000000902. The molecule has 2 N–H and O–H groups in total. The lowest BCUT2D eigenvalue weighted by Crippen LogP contribution is -2.27. The molecule has 2 heterocycles. The van der Waals surface area contributed by atoms with E-state index in [0.29, 0.717) is 5.92 Å². The maximum absolute atomic E-state index is 5.22. The van der Waals surface area contributed by atoms with E-state index in [9.17, 15) is 0 Å². The highest BCUT2D eigenvalue weighted by Crippen LogP contribution is 2.26. The van der Waals surface area contributed by atoms with E-state index in [4.69, 9.17) is 4.74 Å². The molecule has 3 rings (SSSR count). The summed E-state index contributed by atoms with van der Waals surface area (Å²) in [6, 6.07) is 5.97. The Bertz CT molecular complexity index is 524. The van der Waals surface area contributed by atoms with E-state index in [0.717, 1.165) is 48.5 Å². The summed E-state index contributed by atoms with van der Waals surface area (Å²) in [6.45, 7) is 2.18. The SMILES string of the molecule is COc1ccc2nc(C3CCNCC3)[nH]c2c1.Cl.Cl. The van der Waals surface area contributed by atoms with E-state index < -0.39 is 0 Å². The number of hydrogen-bond donors (Lipinski definition) is 2. The number of fused-ring (bicyclic) bond motifs is 1. The van der Waals surface area contributed by atoms with Gasteiger partial charge in [0.1, 0.15) is 11.6 Å². The molecule has 0 amide bonds. The van der Waals surface area contributed by atoms with Crippen LogP contribution in [0.15, 0.2) is 18.2 Å². The fourth-order valence-electron chi connectivity index (χ4n) is 2.42. The van der Waals surface area contributed by atoms with Gasteiger partial charge in [-0.3, -0.25) is 0 Å². The first-order valence-electron chi connectivity index (χ1n) is 6.11. The first-order valence-corrected chi connectivity index (χ1v) is 6.11. The normalized spacial score (nSPS) is 15.6. The zero-order chi connectivity index (χ0) is 11.7. The number of ether oxygens (including phenoxy) is 1. The van der Waals surface area contributed by atoms with Crippen LogP contribution in [0.5, 0.6) is 5.75 Å². The molecule has 4 nitrogen and oxygen atoms in total. The Hall–Kier alpha value is -0.970. The van der Waals surface area contributed by atoms with Crippen LogP contribution in [-0.4, -0.2) is 30.2 Å². The van der Waals surface area contributed by atoms with Crippen LogP contribution in [0, 0.1) is 0 Å². The summed E-state index contributed by atoms with van der Waals surface area (Å²) in [5.41, 5.74) is 2.09. The molecule has 0 bridgehead atoms. The minimum atomic E-state index is 0. The average Bonchev–Trinajstić information content (AvgIpc) is 2.82. The van der Waals surface area contributed by atoms with Gasteiger partial charge in [-0.25, -0.2) is 4.98 Å². The predicted molar refractivity (Wildman–Crippen MR) is 82.0 cm³/mol. The van der Waals surface area contributed by atoms with Crippen molar-refractivity contribution in [3.05, 3.63) is 24.0 Å². The van der Waals surface area contributed by atoms with Crippen molar-refractivity contribution in [3.8, 4) is 5.75 Å². The Kier molecular flexibility index (Phi) is 5.91. The summed E-state index contributed by atoms with van der Waals surface area (Å²) in [5, 5.41) is 3.37. The van der Waals surface area contributed by atoms with E-state index in [-0.39, 0.29) is 24.8 Å². The molecule has 1 fully saturated rings. The van der Waals surface area contributed by atoms with Crippen LogP contribution in [0.3, 0.4) is 0 Å². The quantitative estimate of drug-likeness (QED) is 0.897. The van der Waals surface area contributed by atoms with Crippen LogP contribution in [0.2, 0.25) is 0 Å². The van der Waals surface area contributed by atoms with Gasteiger partial charge in [0.25, 0.3) is 0 Å². The summed E-state index contributed by atoms with van der Waals surface area (Å²) >= 11 is 0. The van der Waals surface area contributed by atoms with Crippen molar-refractivity contribution in [2.45, 2.75) is 18.8 Å². The number of aromatic nitrogens is 2. The molecule has 1 aliphatic heterocycles. The Morgan fingerprint density at radius 1 is 1.21 bits per heavy atom. The molecular formula is C13H19Cl2N3O. The first kappa shape index (κ1) is 16.1. The highest BCUT2D eigenvalue weighted by molar-refractivity contribution is 5.85. The first-order chi connectivity index (χ1) is 8.36. The summed E-state index contributed by atoms with van der Waals surface area (Å²) in [6.07, 6.45) is 2.33. The van der Waals surface area contributed by atoms with Crippen molar-refractivity contribution < 1.29 is 4.74 Å². The van der Waals surface area contributed by atoms with Gasteiger partial charge in [0.05, 0.1) is 18.1 Å². The summed E-state index contributed by atoms with van der Waals surface area (Å²) < 4.78 is 5.22. The standard InChI is InChI=1S/C13H17N3O.2ClH/c1-17-10-2-3-11-12(8-10)16-13(15-11)9-4-6-14-7-5-9;;/h2-3,8-9,14H,4-7H2,1H3,(H,15,16);2*1H. The number of nitrogens with zero attached hydrogens (tertiary/aromatic N) is 1. The van der Waals surface area contributed by atoms with Crippen LogP contribution < -0.4 is 10.1 Å². The van der Waals surface area contributed by atoms with E-state index in [1.807, 2.05) is 18.2 Å². The lowest BCUT2D eigenvalue weighted by atomic mass is 9.98. The predicted octanol–water partition coefficient (Wildman–Crippen LogP) is 2.88. The monoisotopic (exact) mass is 303 g/mol. The fraction of sp³-hybridized carbons (Fsp3) is 0.462. The molecule has 1 aromatic heterocycles. The van der Waals surface area contributed by atoms with Gasteiger partial charge < -0.3 is 15.0 Å².